The Hall–Kier alpha value is -2.14. The summed E-state index contributed by atoms with van der Waals surface area (Å²) in [6, 6.07) is 4.46. The molecule has 23 heavy (non-hydrogen) atoms. The number of hydrogen-bond donors (Lipinski definition) is 1. The summed E-state index contributed by atoms with van der Waals surface area (Å²) in [6.07, 6.45) is 3.42. The van der Waals surface area contributed by atoms with Gasteiger partial charge in [0.05, 0.1) is 11.1 Å². The number of aryl methyl sites for hydroxylation is 1. The van der Waals surface area contributed by atoms with Crippen molar-refractivity contribution in [2.24, 2.45) is 0 Å². The number of halogens is 2. The third kappa shape index (κ3) is 3.15. The van der Waals surface area contributed by atoms with Gasteiger partial charge >= 0.3 is 0 Å². The molecule has 0 fully saturated rings. The number of Topliss-reactive ketones (excluding diaryl/α,β-unsaturated/α-hetero) is 1. The van der Waals surface area contributed by atoms with Gasteiger partial charge in [-0.05, 0) is 25.0 Å². The van der Waals surface area contributed by atoms with Crippen molar-refractivity contribution in [3.8, 4) is 0 Å². The molecule has 1 amide bonds. The molecule has 0 aliphatic heterocycles. The lowest BCUT2D eigenvalue weighted by Gasteiger charge is -2.10. The molecule has 1 aliphatic carbocycles. The lowest BCUT2D eigenvalue weighted by molar-refractivity contribution is 0.0928. The number of carbonyl (C=O) groups excluding carboxylic acids is 2. The Labute approximate surface area is 137 Å². The van der Waals surface area contributed by atoms with Crippen molar-refractivity contribution in [3.63, 3.8) is 0 Å². The average molecular weight is 336 g/mol. The molecule has 0 bridgehead atoms. The van der Waals surface area contributed by atoms with Crippen LogP contribution in [0.3, 0.4) is 0 Å². The molecule has 2 aromatic rings. The lowest BCUT2D eigenvalue weighted by Crippen LogP contribution is -2.27. The minimum atomic E-state index is -0.400. The maximum Gasteiger partial charge on any atom is 0.255 e. The van der Waals surface area contributed by atoms with Crippen LogP contribution in [-0.2, 0) is 12.8 Å². The number of furan rings is 1. The van der Waals surface area contributed by atoms with Gasteiger partial charge in [0.15, 0.2) is 5.78 Å². The Kier molecular flexibility index (Phi) is 4.48. The fourth-order valence-electron chi connectivity index (χ4n) is 2.76. The summed E-state index contributed by atoms with van der Waals surface area (Å²) in [6.45, 7) is 0.216. The van der Waals surface area contributed by atoms with Crippen LogP contribution >= 0.6 is 11.6 Å². The van der Waals surface area contributed by atoms with E-state index in [2.05, 4.69) is 5.32 Å². The molecule has 0 radical (unpaired) electrons. The smallest absolute Gasteiger partial charge is 0.255 e. The van der Waals surface area contributed by atoms with Gasteiger partial charge in [0.2, 0.25) is 0 Å². The predicted molar refractivity (Wildman–Crippen MR) is 83.4 cm³/mol. The van der Waals surface area contributed by atoms with Gasteiger partial charge in [-0.2, -0.15) is 0 Å². The van der Waals surface area contributed by atoms with Gasteiger partial charge in [-0.25, -0.2) is 4.39 Å². The minimum absolute atomic E-state index is 0.0673. The van der Waals surface area contributed by atoms with Crippen molar-refractivity contribution >= 4 is 23.3 Å². The first-order valence-electron chi connectivity index (χ1n) is 7.42. The van der Waals surface area contributed by atoms with Gasteiger partial charge < -0.3 is 9.73 Å². The molecule has 0 saturated carbocycles. The minimum Gasteiger partial charge on any atom is -0.468 e. The summed E-state index contributed by atoms with van der Waals surface area (Å²) in [7, 11) is 0. The van der Waals surface area contributed by atoms with Crippen molar-refractivity contribution in [2.45, 2.75) is 25.7 Å². The van der Waals surface area contributed by atoms with Gasteiger partial charge in [-0.1, -0.05) is 17.7 Å². The van der Waals surface area contributed by atoms with E-state index in [-0.39, 0.29) is 24.3 Å². The number of carbonyl (C=O) groups is 2. The molecule has 1 heterocycles. The summed E-state index contributed by atoms with van der Waals surface area (Å²) >= 11 is 5.95. The predicted octanol–water partition coefficient (Wildman–Crippen LogP) is 3.56. The van der Waals surface area contributed by atoms with Gasteiger partial charge in [-0.3, -0.25) is 9.59 Å². The molecular formula is C17H15ClFNO3. The number of fused-ring (bicyclic) bond motifs is 1. The maximum atomic E-state index is 13.7. The fraction of sp³-hybridized carbons (Fsp3) is 0.294. The van der Waals surface area contributed by atoms with Crippen LogP contribution in [0.4, 0.5) is 4.39 Å². The molecule has 0 spiro atoms. The van der Waals surface area contributed by atoms with E-state index in [1.807, 2.05) is 0 Å². The molecular weight excluding hydrogens is 321 g/mol. The van der Waals surface area contributed by atoms with Crippen molar-refractivity contribution < 1.29 is 18.4 Å². The summed E-state index contributed by atoms with van der Waals surface area (Å²) in [5.41, 5.74) is 1.00. The topological polar surface area (TPSA) is 59.3 Å². The standard InChI is InChI=1S/C17H15ClFNO3/c18-12-3-1-4-13(19)10(12)7-8-20-17(22)11-9-23-15-6-2-5-14(21)16(11)15/h1,3-4,9H,2,5-8H2,(H,20,22). The lowest BCUT2D eigenvalue weighted by atomic mass is 9.94. The molecule has 1 aromatic heterocycles. The van der Waals surface area contributed by atoms with Crippen LogP contribution in [0.25, 0.3) is 0 Å². The zero-order chi connectivity index (χ0) is 16.4. The van der Waals surface area contributed by atoms with E-state index >= 15 is 0 Å². The van der Waals surface area contributed by atoms with Gasteiger partial charge in [0, 0.05) is 30.0 Å². The number of benzene rings is 1. The summed E-state index contributed by atoms with van der Waals surface area (Å²) in [5, 5.41) is 3.01. The number of hydrogen-bond acceptors (Lipinski definition) is 3. The normalized spacial score (nSPS) is 13.7. The van der Waals surface area contributed by atoms with E-state index in [1.165, 1.54) is 18.4 Å². The van der Waals surface area contributed by atoms with Crippen LogP contribution in [-0.4, -0.2) is 18.2 Å². The first-order chi connectivity index (χ1) is 11.1. The Morgan fingerprint density at radius 1 is 1.35 bits per heavy atom. The molecule has 6 heteroatoms. The highest BCUT2D eigenvalue weighted by molar-refractivity contribution is 6.31. The Balaban J connectivity index is 1.67. The number of amides is 1. The van der Waals surface area contributed by atoms with E-state index in [9.17, 15) is 14.0 Å². The van der Waals surface area contributed by atoms with E-state index in [0.717, 1.165) is 6.42 Å². The molecule has 4 nitrogen and oxygen atoms in total. The summed E-state index contributed by atoms with van der Waals surface area (Å²) < 4.78 is 19.0. The zero-order valence-corrected chi connectivity index (χ0v) is 13.1. The van der Waals surface area contributed by atoms with Crippen LogP contribution < -0.4 is 5.32 Å². The van der Waals surface area contributed by atoms with Crippen molar-refractivity contribution in [2.75, 3.05) is 6.54 Å². The van der Waals surface area contributed by atoms with E-state index in [1.54, 1.807) is 6.07 Å². The second-order valence-electron chi connectivity index (χ2n) is 5.43. The second kappa shape index (κ2) is 6.54. The zero-order valence-electron chi connectivity index (χ0n) is 12.3. The van der Waals surface area contributed by atoms with Crippen LogP contribution in [0.15, 0.2) is 28.9 Å². The van der Waals surface area contributed by atoms with Crippen molar-refractivity contribution in [1.29, 1.82) is 0 Å². The first kappa shape index (κ1) is 15.7. The molecule has 1 aliphatic rings. The molecule has 0 unspecified atom stereocenters. The molecule has 120 valence electrons. The first-order valence-corrected chi connectivity index (χ1v) is 7.80. The molecule has 3 rings (SSSR count). The molecule has 1 N–H and O–H groups in total. The van der Waals surface area contributed by atoms with E-state index in [0.29, 0.717) is 34.8 Å². The van der Waals surface area contributed by atoms with Gasteiger partial charge in [0.25, 0.3) is 5.91 Å². The summed E-state index contributed by atoms with van der Waals surface area (Å²) in [5.74, 6) is -0.286. The molecule has 0 atom stereocenters. The van der Waals surface area contributed by atoms with Gasteiger partial charge in [0.1, 0.15) is 17.8 Å². The third-order valence-corrected chi connectivity index (χ3v) is 4.27. The molecule has 0 saturated heterocycles. The van der Waals surface area contributed by atoms with Crippen molar-refractivity contribution in [3.05, 3.63) is 57.8 Å². The number of nitrogens with one attached hydrogen (secondary N) is 1. The number of rotatable bonds is 4. The van der Waals surface area contributed by atoms with Crippen molar-refractivity contribution in [1.82, 2.24) is 5.32 Å². The van der Waals surface area contributed by atoms with Crippen LogP contribution in [0, 0.1) is 5.82 Å². The average Bonchev–Trinajstić information content (AvgIpc) is 2.95. The summed E-state index contributed by atoms with van der Waals surface area (Å²) in [4.78, 5) is 24.2. The fourth-order valence-corrected chi connectivity index (χ4v) is 3.01. The second-order valence-corrected chi connectivity index (χ2v) is 5.84. The maximum absolute atomic E-state index is 13.7. The van der Waals surface area contributed by atoms with E-state index < -0.39 is 11.7 Å². The Morgan fingerprint density at radius 3 is 2.96 bits per heavy atom. The van der Waals surface area contributed by atoms with Gasteiger partial charge in [-0.15, -0.1) is 0 Å². The Morgan fingerprint density at radius 2 is 2.17 bits per heavy atom. The highest BCUT2D eigenvalue weighted by Gasteiger charge is 2.27. The highest BCUT2D eigenvalue weighted by atomic mass is 35.5. The number of ketones is 1. The SMILES string of the molecule is O=C(NCCc1c(F)cccc1Cl)c1coc2c1C(=O)CCC2. The van der Waals surface area contributed by atoms with Crippen LogP contribution in [0.2, 0.25) is 5.02 Å². The van der Waals surface area contributed by atoms with Crippen LogP contribution in [0.1, 0.15) is 44.9 Å². The van der Waals surface area contributed by atoms with Crippen LogP contribution in [0.5, 0.6) is 0 Å². The quantitative estimate of drug-likeness (QED) is 0.929. The largest absolute Gasteiger partial charge is 0.468 e. The monoisotopic (exact) mass is 335 g/mol. The Bertz CT molecular complexity index is 749. The molecule has 1 aromatic carbocycles. The highest BCUT2D eigenvalue weighted by Crippen LogP contribution is 2.26. The third-order valence-electron chi connectivity index (χ3n) is 3.92. The van der Waals surface area contributed by atoms with E-state index in [4.69, 9.17) is 16.0 Å².